The van der Waals surface area contributed by atoms with Gasteiger partial charge >= 0.3 is 0 Å². The molecule has 1 atom stereocenters. The fourth-order valence-corrected chi connectivity index (χ4v) is 4.48. The van der Waals surface area contributed by atoms with Gasteiger partial charge in [0.1, 0.15) is 11.5 Å². The Morgan fingerprint density at radius 3 is 2.29 bits per heavy atom. The molecule has 1 heterocycles. The molecule has 0 radical (unpaired) electrons. The normalized spacial score (nSPS) is 17.9. The van der Waals surface area contributed by atoms with Gasteiger partial charge in [0.2, 0.25) is 0 Å². The second kappa shape index (κ2) is 10.6. The SMILES string of the molecule is CCOc1ccc(/C(O)=C2/C(=O)C(=O)N(CCCN(C)C)C2c2ccc(C(C)(C)C)cc2)c(C)c1. The van der Waals surface area contributed by atoms with Crippen LogP contribution >= 0.6 is 0 Å². The molecule has 6 nitrogen and oxygen atoms in total. The molecule has 3 rings (SSSR count). The number of nitrogens with zero attached hydrogens (tertiary/aromatic N) is 2. The predicted octanol–water partition coefficient (Wildman–Crippen LogP) is 5.06. The third-order valence-electron chi connectivity index (χ3n) is 6.40. The van der Waals surface area contributed by atoms with E-state index in [9.17, 15) is 14.7 Å². The number of likely N-dealkylation sites (tertiary alicyclic amines) is 1. The van der Waals surface area contributed by atoms with E-state index in [4.69, 9.17) is 4.74 Å². The van der Waals surface area contributed by atoms with Crippen LogP contribution in [0.15, 0.2) is 48.0 Å². The van der Waals surface area contributed by atoms with Crippen LogP contribution in [0.1, 0.15) is 62.4 Å². The molecule has 2 aromatic rings. The Morgan fingerprint density at radius 2 is 1.74 bits per heavy atom. The van der Waals surface area contributed by atoms with Crippen molar-refractivity contribution in [2.45, 2.75) is 52.5 Å². The van der Waals surface area contributed by atoms with E-state index in [1.54, 1.807) is 17.0 Å². The number of rotatable bonds is 8. The lowest BCUT2D eigenvalue weighted by Gasteiger charge is -2.27. The van der Waals surface area contributed by atoms with E-state index < -0.39 is 17.7 Å². The first-order chi connectivity index (χ1) is 16.5. The lowest BCUT2D eigenvalue weighted by molar-refractivity contribution is -0.139. The van der Waals surface area contributed by atoms with Gasteiger partial charge in [-0.15, -0.1) is 0 Å². The summed E-state index contributed by atoms with van der Waals surface area (Å²) in [5.74, 6) is -0.673. The minimum Gasteiger partial charge on any atom is -0.507 e. The molecule has 1 amide bonds. The van der Waals surface area contributed by atoms with Gasteiger partial charge in [0.25, 0.3) is 11.7 Å². The Hall–Kier alpha value is -3.12. The number of aliphatic hydroxyl groups excluding tert-OH is 1. The van der Waals surface area contributed by atoms with E-state index in [1.165, 1.54) is 0 Å². The molecule has 188 valence electrons. The first-order valence-electron chi connectivity index (χ1n) is 12.2. The van der Waals surface area contributed by atoms with Crippen molar-refractivity contribution in [3.63, 3.8) is 0 Å². The van der Waals surface area contributed by atoms with Gasteiger partial charge in [-0.1, -0.05) is 45.0 Å². The third kappa shape index (κ3) is 5.76. The van der Waals surface area contributed by atoms with Crippen LogP contribution < -0.4 is 4.74 Å². The Bertz CT molecular complexity index is 1110. The fourth-order valence-electron chi connectivity index (χ4n) is 4.48. The van der Waals surface area contributed by atoms with E-state index in [2.05, 4.69) is 20.8 Å². The number of amides is 1. The summed E-state index contributed by atoms with van der Waals surface area (Å²) in [5.41, 5.74) is 3.38. The molecule has 0 bridgehead atoms. The second-order valence-electron chi connectivity index (χ2n) is 10.4. The first kappa shape index (κ1) is 26.5. The van der Waals surface area contributed by atoms with Gasteiger partial charge in [0.15, 0.2) is 0 Å². The largest absolute Gasteiger partial charge is 0.507 e. The molecule has 6 heteroatoms. The molecule has 0 aromatic heterocycles. The van der Waals surface area contributed by atoms with Crippen LogP contribution in [0.3, 0.4) is 0 Å². The standard InChI is InChI=1S/C29H38N2O4/c1-8-35-22-14-15-23(19(2)18-22)26(32)24-25(20-10-12-21(13-11-20)29(3,4)5)31(28(34)27(24)33)17-9-16-30(6)7/h10-15,18,25,32H,8-9,16-17H2,1-7H3/b26-24-. The van der Waals surface area contributed by atoms with Crippen molar-refractivity contribution >= 4 is 17.4 Å². The van der Waals surface area contributed by atoms with Gasteiger partial charge in [-0.05, 0) is 81.2 Å². The van der Waals surface area contributed by atoms with Crippen molar-refractivity contribution in [2.24, 2.45) is 0 Å². The number of carbonyl (C=O) groups excluding carboxylic acids is 2. The fraction of sp³-hybridized carbons (Fsp3) is 0.448. The number of ketones is 1. The minimum absolute atomic E-state index is 0.0224. The highest BCUT2D eigenvalue weighted by molar-refractivity contribution is 6.46. The van der Waals surface area contributed by atoms with Gasteiger partial charge in [-0.3, -0.25) is 9.59 Å². The number of benzene rings is 2. The summed E-state index contributed by atoms with van der Waals surface area (Å²) in [7, 11) is 3.96. The number of hydrogen-bond donors (Lipinski definition) is 1. The molecular formula is C29H38N2O4. The van der Waals surface area contributed by atoms with Crippen LogP contribution in [0.2, 0.25) is 0 Å². The van der Waals surface area contributed by atoms with Crippen LogP contribution in [0.4, 0.5) is 0 Å². The van der Waals surface area contributed by atoms with Crippen molar-refractivity contribution in [3.8, 4) is 5.75 Å². The first-order valence-corrected chi connectivity index (χ1v) is 12.2. The summed E-state index contributed by atoms with van der Waals surface area (Å²) in [6.45, 7) is 11.9. The van der Waals surface area contributed by atoms with E-state index in [1.807, 2.05) is 63.2 Å². The zero-order valence-electron chi connectivity index (χ0n) is 22.0. The van der Waals surface area contributed by atoms with Crippen molar-refractivity contribution in [2.75, 3.05) is 33.8 Å². The number of aryl methyl sites for hydroxylation is 1. The summed E-state index contributed by atoms with van der Waals surface area (Å²) < 4.78 is 5.56. The molecule has 2 aromatic carbocycles. The highest BCUT2D eigenvalue weighted by Gasteiger charge is 2.46. The van der Waals surface area contributed by atoms with Crippen LogP contribution in [-0.4, -0.2) is 60.4 Å². The van der Waals surface area contributed by atoms with Gasteiger partial charge in [-0.2, -0.15) is 0 Å². The number of ether oxygens (including phenoxy) is 1. The molecule has 1 saturated heterocycles. The smallest absolute Gasteiger partial charge is 0.295 e. The molecule has 0 saturated carbocycles. The van der Waals surface area contributed by atoms with Crippen LogP contribution in [0.5, 0.6) is 5.75 Å². The van der Waals surface area contributed by atoms with E-state index >= 15 is 0 Å². The van der Waals surface area contributed by atoms with Gasteiger partial charge in [-0.25, -0.2) is 0 Å². The van der Waals surface area contributed by atoms with Gasteiger partial charge in [0, 0.05) is 12.1 Å². The quantitative estimate of drug-likeness (QED) is 0.326. The molecule has 0 aliphatic carbocycles. The molecule has 1 unspecified atom stereocenters. The van der Waals surface area contributed by atoms with E-state index in [0.717, 1.165) is 29.7 Å². The highest BCUT2D eigenvalue weighted by Crippen LogP contribution is 2.40. The second-order valence-corrected chi connectivity index (χ2v) is 10.4. The zero-order chi connectivity index (χ0) is 25.9. The Morgan fingerprint density at radius 1 is 1.09 bits per heavy atom. The molecule has 1 fully saturated rings. The maximum Gasteiger partial charge on any atom is 0.295 e. The van der Waals surface area contributed by atoms with Gasteiger partial charge in [0.05, 0.1) is 18.2 Å². The third-order valence-corrected chi connectivity index (χ3v) is 6.40. The molecular weight excluding hydrogens is 440 g/mol. The van der Waals surface area contributed by atoms with Crippen molar-refractivity contribution in [1.29, 1.82) is 0 Å². The summed E-state index contributed by atoms with van der Waals surface area (Å²) in [6, 6.07) is 12.7. The van der Waals surface area contributed by atoms with Crippen molar-refractivity contribution in [3.05, 3.63) is 70.3 Å². The summed E-state index contributed by atoms with van der Waals surface area (Å²) in [4.78, 5) is 30.1. The monoisotopic (exact) mass is 478 g/mol. The van der Waals surface area contributed by atoms with E-state index in [-0.39, 0.29) is 16.7 Å². The lowest BCUT2D eigenvalue weighted by atomic mass is 9.85. The Balaban J connectivity index is 2.11. The maximum absolute atomic E-state index is 13.3. The maximum atomic E-state index is 13.3. The topological polar surface area (TPSA) is 70.1 Å². The van der Waals surface area contributed by atoms with Crippen LogP contribution in [-0.2, 0) is 15.0 Å². The summed E-state index contributed by atoms with van der Waals surface area (Å²) in [6.07, 6.45) is 0.721. The minimum atomic E-state index is -0.648. The zero-order valence-corrected chi connectivity index (χ0v) is 22.0. The molecule has 35 heavy (non-hydrogen) atoms. The predicted molar refractivity (Wildman–Crippen MR) is 140 cm³/mol. The Kier molecular flexibility index (Phi) is 8.06. The van der Waals surface area contributed by atoms with E-state index in [0.29, 0.717) is 24.5 Å². The highest BCUT2D eigenvalue weighted by atomic mass is 16.5. The van der Waals surface area contributed by atoms with Crippen LogP contribution in [0.25, 0.3) is 5.76 Å². The summed E-state index contributed by atoms with van der Waals surface area (Å²) >= 11 is 0. The number of hydrogen-bond acceptors (Lipinski definition) is 5. The average Bonchev–Trinajstić information content (AvgIpc) is 3.03. The molecule has 1 aliphatic heterocycles. The number of carbonyl (C=O) groups is 2. The Labute approximate surface area is 209 Å². The van der Waals surface area contributed by atoms with Crippen molar-refractivity contribution in [1.82, 2.24) is 9.80 Å². The lowest BCUT2D eigenvalue weighted by Crippen LogP contribution is -2.32. The van der Waals surface area contributed by atoms with Crippen molar-refractivity contribution < 1.29 is 19.4 Å². The summed E-state index contributed by atoms with van der Waals surface area (Å²) in [5, 5.41) is 11.4. The molecule has 1 aliphatic rings. The number of aliphatic hydroxyl groups is 1. The molecule has 0 spiro atoms. The average molecular weight is 479 g/mol. The van der Waals surface area contributed by atoms with Crippen LogP contribution in [0, 0.1) is 6.92 Å². The molecule has 1 N–H and O–H groups in total. The van der Waals surface area contributed by atoms with Gasteiger partial charge < -0.3 is 19.6 Å². The number of Topliss-reactive ketones (excluding diaryl/α,β-unsaturated/α-hetero) is 1.